The maximum Gasteiger partial charge on any atom is 0.271 e. The lowest BCUT2D eigenvalue weighted by Gasteiger charge is -2.11. The first-order chi connectivity index (χ1) is 9.88. The minimum absolute atomic E-state index is 0.0555. The maximum atomic E-state index is 10.8. The zero-order valence-corrected chi connectivity index (χ0v) is 14.8. The summed E-state index contributed by atoms with van der Waals surface area (Å²) in [5, 5.41) is 11.5. The molecule has 0 unspecified atom stereocenters. The molecule has 0 aliphatic rings. The Morgan fingerprint density at radius 3 is 2.43 bits per heavy atom. The number of benzene rings is 1. The Bertz CT molecular complexity index is 690. The van der Waals surface area contributed by atoms with Crippen LogP contribution in [0.15, 0.2) is 33.2 Å². The zero-order chi connectivity index (χ0) is 15.6. The molecule has 2 aromatic rings. The van der Waals surface area contributed by atoms with E-state index < -0.39 is 4.92 Å². The quantitative estimate of drug-likeness (QED) is 0.351. The molecule has 1 aromatic heterocycles. The fraction of sp³-hybridized carbons (Fsp3) is 0.0833. The third-order valence-corrected chi connectivity index (χ3v) is 4.16. The smallest absolute Gasteiger partial charge is 0.271 e. The Hall–Kier alpha value is -0.890. The van der Waals surface area contributed by atoms with Crippen LogP contribution >= 0.6 is 55.1 Å². The molecule has 0 N–H and O–H groups in total. The van der Waals surface area contributed by atoms with Crippen molar-refractivity contribution < 1.29 is 9.66 Å². The number of nitrogens with zero attached hydrogens (tertiary/aromatic N) is 2. The molecule has 0 atom stereocenters. The molecular weight excluding hydrogens is 451 g/mol. The first kappa shape index (κ1) is 16.5. The molecule has 0 amide bonds. The molecule has 0 saturated carbocycles. The van der Waals surface area contributed by atoms with Crippen LogP contribution in [0, 0.1) is 10.1 Å². The number of rotatable bonds is 4. The highest BCUT2D eigenvalue weighted by atomic mass is 79.9. The average Bonchev–Trinajstić information content (AvgIpc) is 2.41. The SMILES string of the molecule is O=[N+]([O-])c1cc(Br)c(OCc2nc(Cl)ccc2Cl)c(Br)c1. The van der Waals surface area contributed by atoms with Gasteiger partial charge >= 0.3 is 0 Å². The van der Waals surface area contributed by atoms with E-state index in [0.717, 1.165) is 0 Å². The second-order valence-electron chi connectivity index (χ2n) is 3.85. The van der Waals surface area contributed by atoms with Gasteiger partial charge < -0.3 is 4.74 Å². The van der Waals surface area contributed by atoms with E-state index in [9.17, 15) is 10.1 Å². The van der Waals surface area contributed by atoms with Crippen LogP contribution in [0.4, 0.5) is 5.69 Å². The average molecular weight is 457 g/mol. The number of nitro groups is 1. The van der Waals surface area contributed by atoms with Gasteiger partial charge in [-0.3, -0.25) is 10.1 Å². The fourth-order valence-electron chi connectivity index (χ4n) is 1.49. The molecule has 2 rings (SSSR count). The highest BCUT2D eigenvalue weighted by Gasteiger charge is 2.16. The number of hydrogen-bond acceptors (Lipinski definition) is 4. The lowest BCUT2D eigenvalue weighted by Crippen LogP contribution is -2.01. The van der Waals surface area contributed by atoms with Gasteiger partial charge in [0.2, 0.25) is 0 Å². The van der Waals surface area contributed by atoms with Gasteiger partial charge in [0.1, 0.15) is 17.5 Å². The molecule has 9 heteroatoms. The molecule has 110 valence electrons. The van der Waals surface area contributed by atoms with E-state index >= 15 is 0 Å². The fourth-order valence-corrected chi connectivity index (χ4v) is 3.21. The molecule has 0 aliphatic heterocycles. The molecule has 0 fully saturated rings. The summed E-state index contributed by atoms with van der Waals surface area (Å²) in [6.07, 6.45) is 0. The summed E-state index contributed by atoms with van der Waals surface area (Å²) in [6, 6.07) is 5.90. The second-order valence-corrected chi connectivity index (χ2v) is 6.35. The van der Waals surface area contributed by atoms with E-state index in [1.165, 1.54) is 12.1 Å². The monoisotopic (exact) mass is 454 g/mol. The van der Waals surface area contributed by atoms with Crippen LogP contribution in [-0.2, 0) is 6.61 Å². The first-order valence-electron chi connectivity index (χ1n) is 5.45. The van der Waals surface area contributed by atoms with Crippen molar-refractivity contribution in [2.75, 3.05) is 0 Å². The third kappa shape index (κ3) is 4.06. The van der Waals surface area contributed by atoms with Gasteiger partial charge in [0, 0.05) is 12.1 Å². The van der Waals surface area contributed by atoms with Gasteiger partial charge in [-0.15, -0.1) is 0 Å². The van der Waals surface area contributed by atoms with E-state index in [-0.39, 0.29) is 12.3 Å². The van der Waals surface area contributed by atoms with Crippen LogP contribution in [0.25, 0.3) is 0 Å². The molecule has 0 aliphatic carbocycles. The number of hydrogen-bond donors (Lipinski definition) is 0. The molecule has 0 radical (unpaired) electrons. The zero-order valence-electron chi connectivity index (χ0n) is 10.1. The highest BCUT2D eigenvalue weighted by molar-refractivity contribution is 9.11. The van der Waals surface area contributed by atoms with E-state index in [4.69, 9.17) is 27.9 Å². The Morgan fingerprint density at radius 1 is 1.24 bits per heavy atom. The first-order valence-corrected chi connectivity index (χ1v) is 7.80. The molecule has 0 spiro atoms. The van der Waals surface area contributed by atoms with Crippen LogP contribution in [-0.4, -0.2) is 9.91 Å². The van der Waals surface area contributed by atoms with Crippen molar-refractivity contribution in [3.8, 4) is 5.75 Å². The van der Waals surface area contributed by atoms with Crippen molar-refractivity contribution in [2.45, 2.75) is 6.61 Å². The maximum absolute atomic E-state index is 10.8. The summed E-state index contributed by atoms with van der Waals surface area (Å²) in [5.74, 6) is 0.415. The van der Waals surface area contributed by atoms with E-state index in [1.54, 1.807) is 12.1 Å². The van der Waals surface area contributed by atoms with Crippen LogP contribution in [0.2, 0.25) is 10.2 Å². The summed E-state index contributed by atoms with van der Waals surface area (Å²) in [7, 11) is 0. The third-order valence-electron chi connectivity index (χ3n) is 2.43. The van der Waals surface area contributed by atoms with Crippen molar-refractivity contribution in [3.05, 3.63) is 59.2 Å². The lowest BCUT2D eigenvalue weighted by molar-refractivity contribution is -0.385. The van der Waals surface area contributed by atoms with Crippen LogP contribution in [0.3, 0.4) is 0 Å². The summed E-state index contributed by atoms with van der Waals surface area (Å²) < 4.78 is 6.49. The minimum Gasteiger partial charge on any atom is -0.485 e. The normalized spacial score (nSPS) is 10.5. The van der Waals surface area contributed by atoms with E-state index in [1.807, 2.05) is 0 Å². The van der Waals surface area contributed by atoms with Crippen LogP contribution in [0.1, 0.15) is 5.69 Å². The Kier molecular flexibility index (Phi) is 5.43. The number of pyridine rings is 1. The lowest BCUT2D eigenvalue weighted by atomic mass is 10.3. The number of non-ortho nitro benzene ring substituents is 1. The largest absolute Gasteiger partial charge is 0.485 e. The predicted molar refractivity (Wildman–Crippen MR) is 87.1 cm³/mol. The van der Waals surface area contributed by atoms with Crippen molar-refractivity contribution in [1.82, 2.24) is 4.98 Å². The summed E-state index contributed by atoms with van der Waals surface area (Å²) in [6.45, 7) is 0.0778. The number of halogens is 4. The summed E-state index contributed by atoms with van der Waals surface area (Å²) >= 11 is 18.3. The Labute approximate surface area is 146 Å². The van der Waals surface area contributed by atoms with Gasteiger partial charge in [0.15, 0.2) is 0 Å². The Morgan fingerprint density at radius 2 is 1.86 bits per heavy atom. The van der Waals surface area contributed by atoms with Crippen molar-refractivity contribution in [3.63, 3.8) is 0 Å². The topological polar surface area (TPSA) is 65.3 Å². The molecule has 1 heterocycles. The van der Waals surface area contributed by atoms with Gasteiger partial charge in [0.05, 0.1) is 24.6 Å². The Balaban J connectivity index is 2.24. The molecule has 21 heavy (non-hydrogen) atoms. The van der Waals surface area contributed by atoms with Gasteiger partial charge in [-0.05, 0) is 44.0 Å². The van der Waals surface area contributed by atoms with Gasteiger partial charge in [-0.1, -0.05) is 23.2 Å². The second kappa shape index (κ2) is 6.91. The molecule has 0 bridgehead atoms. The van der Waals surface area contributed by atoms with Gasteiger partial charge in [-0.25, -0.2) is 4.98 Å². The standard InChI is InChI=1S/C12H6Br2Cl2N2O3/c13-7-3-6(18(19)20)4-8(14)12(7)21-5-10-9(15)1-2-11(16)17-10/h1-4H,5H2. The highest BCUT2D eigenvalue weighted by Crippen LogP contribution is 2.37. The molecule has 5 nitrogen and oxygen atoms in total. The van der Waals surface area contributed by atoms with Crippen molar-refractivity contribution in [2.24, 2.45) is 0 Å². The van der Waals surface area contributed by atoms with Gasteiger partial charge in [-0.2, -0.15) is 0 Å². The number of aromatic nitrogens is 1. The molecule has 1 aromatic carbocycles. The molecule has 0 saturated heterocycles. The summed E-state index contributed by atoms with van der Waals surface area (Å²) in [5.41, 5.74) is 0.418. The van der Waals surface area contributed by atoms with Crippen LogP contribution < -0.4 is 4.74 Å². The van der Waals surface area contributed by atoms with Crippen molar-refractivity contribution >= 4 is 60.7 Å². The van der Waals surface area contributed by atoms with Gasteiger partial charge in [0.25, 0.3) is 5.69 Å². The summed E-state index contributed by atoms with van der Waals surface area (Å²) in [4.78, 5) is 14.3. The minimum atomic E-state index is -0.491. The van der Waals surface area contributed by atoms with E-state index in [0.29, 0.717) is 30.6 Å². The molecular formula is C12H6Br2Cl2N2O3. The predicted octanol–water partition coefficient (Wildman–Crippen LogP) is 5.40. The van der Waals surface area contributed by atoms with Crippen LogP contribution in [0.5, 0.6) is 5.75 Å². The van der Waals surface area contributed by atoms with Crippen molar-refractivity contribution in [1.29, 1.82) is 0 Å². The number of nitro benzene ring substituents is 1. The van der Waals surface area contributed by atoms with E-state index in [2.05, 4.69) is 36.8 Å². The number of ether oxygens (including phenoxy) is 1.